The first-order valence-corrected chi connectivity index (χ1v) is 10.0. The second-order valence-corrected chi connectivity index (χ2v) is 7.37. The Balaban J connectivity index is 1.66. The molecular weight excluding hydrogens is 392 g/mol. The van der Waals surface area contributed by atoms with Crippen molar-refractivity contribution < 1.29 is 27.8 Å². The Labute approximate surface area is 174 Å². The van der Waals surface area contributed by atoms with Gasteiger partial charge in [-0.1, -0.05) is 31.4 Å². The lowest BCUT2D eigenvalue weighted by atomic mass is 9.93. The van der Waals surface area contributed by atoms with Gasteiger partial charge >= 0.3 is 5.97 Å². The van der Waals surface area contributed by atoms with Gasteiger partial charge in [0.15, 0.2) is 18.2 Å². The van der Waals surface area contributed by atoms with E-state index in [0.717, 1.165) is 43.7 Å². The first-order chi connectivity index (χ1) is 14.5. The standard InChI is InChI=1S/C23H25F2NO4/c1-29-21-12-9-17(13-20(21)25)23(28)30-15-22(27)26(19-5-3-2-4-6-19)14-16-7-10-18(24)11-8-16/h7-13,19H,2-6,14-15H2,1H3. The summed E-state index contributed by atoms with van der Waals surface area (Å²) in [6, 6.07) is 9.78. The van der Waals surface area contributed by atoms with Crippen LogP contribution < -0.4 is 4.74 Å². The predicted octanol–water partition coefficient (Wildman–Crippen LogP) is 4.49. The fourth-order valence-corrected chi connectivity index (χ4v) is 3.69. The van der Waals surface area contributed by atoms with E-state index in [9.17, 15) is 18.4 Å². The summed E-state index contributed by atoms with van der Waals surface area (Å²) >= 11 is 0. The van der Waals surface area contributed by atoms with E-state index in [4.69, 9.17) is 9.47 Å². The third-order valence-corrected chi connectivity index (χ3v) is 5.32. The SMILES string of the molecule is COc1ccc(C(=O)OCC(=O)N(Cc2ccc(F)cc2)C2CCCCC2)cc1F. The highest BCUT2D eigenvalue weighted by Crippen LogP contribution is 2.25. The lowest BCUT2D eigenvalue weighted by Crippen LogP contribution is -2.43. The van der Waals surface area contributed by atoms with Gasteiger partial charge < -0.3 is 14.4 Å². The van der Waals surface area contributed by atoms with Gasteiger partial charge in [-0.25, -0.2) is 13.6 Å². The maximum atomic E-state index is 13.8. The molecule has 160 valence electrons. The highest BCUT2D eigenvalue weighted by molar-refractivity contribution is 5.91. The highest BCUT2D eigenvalue weighted by Gasteiger charge is 2.26. The van der Waals surface area contributed by atoms with Gasteiger partial charge in [0, 0.05) is 12.6 Å². The molecule has 30 heavy (non-hydrogen) atoms. The minimum atomic E-state index is -0.782. The van der Waals surface area contributed by atoms with Crippen LogP contribution in [0.1, 0.15) is 48.0 Å². The monoisotopic (exact) mass is 417 g/mol. The molecule has 0 bridgehead atoms. The van der Waals surface area contributed by atoms with Crippen LogP contribution >= 0.6 is 0 Å². The summed E-state index contributed by atoms with van der Waals surface area (Å²) in [4.78, 5) is 26.9. The summed E-state index contributed by atoms with van der Waals surface area (Å²) in [6.45, 7) is -0.122. The Morgan fingerprint density at radius 1 is 1.03 bits per heavy atom. The van der Waals surface area contributed by atoms with Gasteiger partial charge in [0.2, 0.25) is 0 Å². The van der Waals surface area contributed by atoms with Gasteiger partial charge in [-0.3, -0.25) is 4.79 Å². The molecule has 1 amide bonds. The fraction of sp³-hybridized carbons (Fsp3) is 0.391. The zero-order valence-electron chi connectivity index (χ0n) is 16.9. The van der Waals surface area contributed by atoms with Crippen LogP contribution in [0.2, 0.25) is 0 Å². The molecule has 2 aromatic carbocycles. The molecule has 0 atom stereocenters. The highest BCUT2D eigenvalue weighted by atomic mass is 19.1. The largest absolute Gasteiger partial charge is 0.494 e. The van der Waals surface area contributed by atoms with E-state index < -0.39 is 18.4 Å². The molecule has 0 heterocycles. The van der Waals surface area contributed by atoms with Crippen LogP contribution in [-0.2, 0) is 16.1 Å². The molecule has 5 nitrogen and oxygen atoms in total. The molecule has 0 radical (unpaired) electrons. The summed E-state index contributed by atoms with van der Waals surface area (Å²) < 4.78 is 37.0. The first kappa shape index (κ1) is 21.7. The summed E-state index contributed by atoms with van der Waals surface area (Å²) in [5.41, 5.74) is 0.808. The zero-order chi connectivity index (χ0) is 21.5. The van der Waals surface area contributed by atoms with E-state index in [1.807, 2.05) is 0 Å². The molecule has 1 fully saturated rings. The number of esters is 1. The maximum absolute atomic E-state index is 13.8. The Bertz CT molecular complexity index is 879. The molecule has 2 aromatic rings. The molecule has 1 aliphatic carbocycles. The van der Waals surface area contributed by atoms with Crippen LogP contribution in [0.15, 0.2) is 42.5 Å². The Kier molecular flexibility index (Phi) is 7.38. The van der Waals surface area contributed by atoms with Gasteiger partial charge in [0.25, 0.3) is 5.91 Å². The normalized spacial score (nSPS) is 14.2. The van der Waals surface area contributed by atoms with Gasteiger partial charge in [0.1, 0.15) is 5.82 Å². The number of nitrogens with zero attached hydrogens (tertiary/aromatic N) is 1. The molecule has 1 saturated carbocycles. The van der Waals surface area contributed by atoms with Crippen LogP contribution in [0.5, 0.6) is 5.75 Å². The van der Waals surface area contributed by atoms with Gasteiger partial charge in [0.05, 0.1) is 12.7 Å². The molecule has 0 spiro atoms. The Morgan fingerprint density at radius 2 is 1.73 bits per heavy atom. The third-order valence-electron chi connectivity index (χ3n) is 5.32. The van der Waals surface area contributed by atoms with E-state index in [0.29, 0.717) is 6.54 Å². The lowest BCUT2D eigenvalue weighted by molar-refractivity contribution is -0.138. The van der Waals surface area contributed by atoms with Crippen LogP contribution in [0.25, 0.3) is 0 Å². The summed E-state index contributed by atoms with van der Waals surface area (Å²) in [5, 5.41) is 0. The molecule has 0 aromatic heterocycles. The zero-order valence-corrected chi connectivity index (χ0v) is 16.9. The van der Waals surface area contributed by atoms with Crippen molar-refractivity contribution in [2.75, 3.05) is 13.7 Å². The van der Waals surface area contributed by atoms with E-state index in [1.54, 1.807) is 17.0 Å². The summed E-state index contributed by atoms with van der Waals surface area (Å²) in [5.74, 6) is -2.11. The van der Waals surface area contributed by atoms with Crippen molar-refractivity contribution >= 4 is 11.9 Å². The van der Waals surface area contributed by atoms with E-state index >= 15 is 0 Å². The number of ether oxygens (including phenoxy) is 2. The second kappa shape index (κ2) is 10.2. The number of rotatable bonds is 7. The molecule has 7 heteroatoms. The Hall–Kier alpha value is -2.96. The van der Waals surface area contributed by atoms with Crippen molar-refractivity contribution in [3.8, 4) is 5.75 Å². The van der Waals surface area contributed by atoms with Crippen LogP contribution in [-0.4, -0.2) is 36.5 Å². The maximum Gasteiger partial charge on any atom is 0.338 e. The van der Waals surface area contributed by atoms with E-state index in [1.165, 1.54) is 31.4 Å². The van der Waals surface area contributed by atoms with Crippen molar-refractivity contribution in [2.24, 2.45) is 0 Å². The number of benzene rings is 2. The van der Waals surface area contributed by atoms with Crippen molar-refractivity contribution in [1.29, 1.82) is 0 Å². The van der Waals surface area contributed by atoms with E-state index in [2.05, 4.69) is 0 Å². The van der Waals surface area contributed by atoms with Crippen molar-refractivity contribution in [3.05, 3.63) is 65.2 Å². The van der Waals surface area contributed by atoms with Crippen molar-refractivity contribution in [2.45, 2.75) is 44.7 Å². The number of carbonyl (C=O) groups excluding carboxylic acids is 2. The molecule has 1 aliphatic rings. The van der Waals surface area contributed by atoms with Gasteiger partial charge in [-0.15, -0.1) is 0 Å². The van der Waals surface area contributed by atoms with Crippen LogP contribution in [0.4, 0.5) is 8.78 Å². The number of methoxy groups -OCH3 is 1. The molecular formula is C23H25F2NO4. The van der Waals surface area contributed by atoms with Crippen LogP contribution in [0.3, 0.4) is 0 Å². The number of carbonyl (C=O) groups is 2. The summed E-state index contributed by atoms with van der Waals surface area (Å²) in [6.07, 6.45) is 4.95. The predicted molar refractivity (Wildman–Crippen MR) is 107 cm³/mol. The minimum absolute atomic E-state index is 0.00357. The average molecular weight is 417 g/mol. The number of amides is 1. The minimum Gasteiger partial charge on any atom is -0.494 e. The average Bonchev–Trinajstić information content (AvgIpc) is 2.77. The van der Waals surface area contributed by atoms with E-state index in [-0.39, 0.29) is 29.1 Å². The number of halogens is 2. The first-order valence-electron chi connectivity index (χ1n) is 10.0. The molecule has 0 unspecified atom stereocenters. The third kappa shape index (κ3) is 5.55. The summed E-state index contributed by atoms with van der Waals surface area (Å²) in [7, 11) is 1.33. The lowest BCUT2D eigenvalue weighted by Gasteiger charge is -2.34. The number of hydrogen-bond acceptors (Lipinski definition) is 4. The quantitative estimate of drug-likeness (QED) is 0.623. The molecule has 0 saturated heterocycles. The topological polar surface area (TPSA) is 55.8 Å². The van der Waals surface area contributed by atoms with Crippen molar-refractivity contribution in [3.63, 3.8) is 0 Å². The van der Waals surface area contributed by atoms with Gasteiger partial charge in [-0.05, 0) is 48.7 Å². The van der Waals surface area contributed by atoms with Crippen molar-refractivity contribution in [1.82, 2.24) is 4.90 Å². The number of hydrogen-bond donors (Lipinski definition) is 0. The smallest absolute Gasteiger partial charge is 0.338 e. The molecule has 0 aliphatic heterocycles. The van der Waals surface area contributed by atoms with Crippen LogP contribution in [0, 0.1) is 11.6 Å². The van der Waals surface area contributed by atoms with Gasteiger partial charge in [-0.2, -0.15) is 0 Å². The second-order valence-electron chi connectivity index (χ2n) is 7.37. The Morgan fingerprint density at radius 3 is 2.37 bits per heavy atom. The molecule has 3 rings (SSSR count). The molecule has 0 N–H and O–H groups in total. The fourth-order valence-electron chi connectivity index (χ4n) is 3.69.